The number of hydrogen-bond donors (Lipinski definition) is 1. The third-order valence-electron chi connectivity index (χ3n) is 7.50. The third-order valence-corrected chi connectivity index (χ3v) is 7.50. The quantitative estimate of drug-likeness (QED) is 0.481. The van der Waals surface area contributed by atoms with Crippen LogP contribution in [-0.4, -0.2) is 49.3 Å². The second kappa shape index (κ2) is 9.02. The summed E-state index contributed by atoms with van der Waals surface area (Å²) in [5.74, 6) is 0.690. The maximum Gasteiger partial charge on any atom is 0.253 e. The topological polar surface area (TPSA) is 88.9 Å². The van der Waals surface area contributed by atoms with Gasteiger partial charge in [0.05, 0.1) is 18.2 Å². The molecule has 2 aromatic carbocycles. The van der Waals surface area contributed by atoms with Gasteiger partial charge in [0.2, 0.25) is 0 Å². The molecule has 4 heterocycles. The minimum Gasteiger partial charge on any atom is -0.376 e. The van der Waals surface area contributed by atoms with Gasteiger partial charge in [-0.25, -0.2) is 4.68 Å². The molecule has 1 saturated heterocycles. The Labute approximate surface area is 203 Å². The molecule has 0 radical (unpaired) electrons. The van der Waals surface area contributed by atoms with Crippen molar-refractivity contribution in [2.24, 2.45) is 0 Å². The van der Waals surface area contributed by atoms with Crippen LogP contribution in [0.25, 0.3) is 10.9 Å². The molecule has 2 aliphatic heterocycles. The molecular weight excluding hydrogens is 440 g/mol. The van der Waals surface area contributed by atoms with Crippen LogP contribution in [0.3, 0.4) is 0 Å². The molecule has 8 nitrogen and oxygen atoms in total. The summed E-state index contributed by atoms with van der Waals surface area (Å²) in [7, 11) is 0. The van der Waals surface area contributed by atoms with Crippen molar-refractivity contribution in [1.82, 2.24) is 30.1 Å². The summed E-state index contributed by atoms with van der Waals surface area (Å²) in [5.41, 5.74) is 6.30. The molecule has 2 aliphatic rings. The van der Waals surface area contributed by atoms with Gasteiger partial charge in [-0.1, -0.05) is 36.4 Å². The normalized spacial score (nSPS) is 19.2. The highest BCUT2D eigenvalue weighted by Gasteiger charge is 2.33. The van der Waals surface area contributed by atoms with Gasteiger partial charge in [0.15, 0.2) is 5.82 Å². The zero-order chi connectivity index (χ0) is 23.9. The Morgan fingerprint density at radius 1 is 1.14 bits per heavy atom. The molecule has 180 valence electrons. The first-order chi connectivity index (χ1) is 17.1. The Morgan fingerprint density at radius 3 is 2.80 bits per heavy atom. The first-order valence-electron chi connectivity index (χ1n) is 12.4. The van der Waals surface area contributed by atoms with Crippen LogP contribution in [0.15, 0.2) is 47.3 Å². The molecule has 0 saturated carbocycles. The van der Waals surface area contributed by atoms with Gasteiger partial charge in [-0.05, 0) is 71.9 Å². The number of aromatic nitrogens is 5. The Bertz CT molecular complexity index is 1440. The SMILES string of the molecule is Cc1ccc(C)c2[nH]c(=O)c(C(c3nnnn3CC3CCCO3)N3CCc4ccccc4C3)cc12. The zero-order valence-corrected chi connectivity index (χ0v) is 20.2. The molecule has 0 amide bonds. The van der Waals surface area contributed by atoms with Crippen molar-refractivity contribution in [2.75, 3.05) is 13.2 Å². The highest BCUT2D eigenvalue weighted by Crippen LogP contribution is 2.32. The molecule has 0 bridgehead atoms. The van der Waals surface area contributed by atoms with Crippen molar-refractivity contribution in [3.8, 4) is 0 Å². The second-order valence-corrected chi connectivity index (χ2v) is 9.79. The minimum absolute atomic E-state index is 0.0956. The predicted molar refractivity (Wildman–Crippen MR) is 133 cm³/mol. The number of fused-ring (bicyclic) bond motifs is 2. The lowest BCUT2D eigenvalue weighted by Crippen LogP contribution is -2.39. The van der Waals surface area contributed by atoms with Crippen LogP contribution in [0.2, 0.25) is 0 Å². The van der Waals surface area contributed by atoms with E-state index in [4.69, 9.17) is 4.74 Å². The smallest absolute Gasteiger partial charge is 0.253 e. The summed E-state index contributed by atoms with van der Waals surface area (Å²) in [6.45, 7) is 7.02. The maximum absolute atomic E-state index is 13.6. The first-order valence-corrected chi connectivity index (χ1v) is 12.4. The number of hydrogen-bond acceptors (Lipinski definition) is 6. The van der Waals surface area contributed by atoms with Gasteiger partial charge in [-0.2, -0.15) is 0 Å². The average Bonchev–Trinajstić information content (AvgIpc) is 3.55. The molecule has 0 spiro atoms. The number of benzene rings is 2. The third kappa shape index (κ3) is 4.06. The number of ether oxygens (including phenoxy) is 1. The average molecular weight is 471 g/mol. The van der Waals surface area contributed by atoms with E-state index >= 15 is 0 Å². The predicted octanol–water partition coefficient (Wildman–Crippen LogP) is 3.46. The summed E-state index contributed by atoms with van der Waals surface area (Å²) in [5, 5.41) is 13.9. The van der Waals surface area contributed by atoms with Crippen molar-refractivity contribution >= 4 is 10.9 Å². The fourth-order valence-corrected chi connectivity index (χ4v) is 5.55. The van der Waals surface area contributed by atoms with Crippen LogP contribution in [0.4, 0.5) is 0 Å². The standard InChI is InChI=1S/C27H30N6O2/c1-17-9-10-18(2)24-22(17)14-23(27(34)28-24)25(32-12-11-19-6-3-4-7-20(19)15-32)26-29-30-31-33(26)16-21-8-5-13-35-21/h3-4,6-7,9-10,14,21,25H,5,8,11-13,15-16H2,1-2H3,(H,28,34). The van der Waals surface area contributed by atoms with Crippen molar-refractivity contribution in [1.29, 1.82) is 0 Å². The Kier molecular flexibility index (Phi) is 5.70. The number of aryl methyl sites for hydroxylation is 2. The molecule has 2 aromatic heterocycles. The fourth-order valence-electron chi connectivity index (χ4n) is 5.55. The van der Waals surface area contributed by atoms with Crippen LogP contribution in [0, 0.1) is 13.8 Å². The molecular formula is C27H30N6O2. The second-order valence-electron chi connectivity index (χ2n) is 9.79. The van der Waals surface area contributed by atoms with Crippen LogP contribution >= 0.6 is 0 Å². The van der Waals surface area contributed by atoms with Crippen molar-refractivity contribution < 1.29 is 4.74 Å². The lowest BCUT2D eigenvalue weighted by molar-refractivity contribution is 0.0904. The van der Waals surface area contributed by atoms with Gasteiger partial charge < -0.3 is 9.72 Å². The summed E-state index contributed by atoms with van der Waals surface area (Å²) in [6, 6.07) is 14.4. The number of nitrogens with one attached hydrogen (secondary N) is 1. The molecule has 6 rings (SSSR count). The van der Waals surface area contributed by atoms with E-state index in [9.17, 15) is 4.79 Å². The number of aromatic amines is 1. The van der Waals surface area contributed by atoms with Crippen molar-refractivity contribution in [3.63, 3.8) is 0 Å². The lowest BCUT2D eigenvalue weighted by Gasteiger charge is -2.35. The van der Waals surface area contributed by atoms with Crippen LogP contribution in [-0.2, 0) is 24.2 Å². The Hall–Kier alpha value is -3.36. The van der Waals surface area contributed by atoms with E-state index in [-0.39, 0.29) is 17.7 Å². The van der Waals surface area contributed by atoms with Gasteiger partial charge >= 0.3 is 0 Å². The summed E-state index contributed by atoms with van der Waals surface area (Å²) < 4.78 is 7.71. The largest absolute Gasteiger partial charge is 0.376 e. The minimum atomic E-state index is -0.368. The molecule has 35 heavy (non-hydrogen) atoms. The van der Waals surface area contributed by atoms with Crippen LogP contribution < -0.4 is 5.56 Å². The van der Waals surface area contributed by atoms with Gasteiger partial charge in [0.1, 0.15) is 6.04 Å². The van der Waals surface area contributed by atoms with Gasteiger partial charge in [-0.3, -0.25) is 9.69 Å². The van der Waals surface area contributed by atoms with Gasteiger partial charge in [-0.15, -0.1) is 5.10 Å². The number of nitrogens with zero attached hydrogens (tertiary/aromatic N) is 5. The van der Waals surface area contributed by atoms with Gasteiger partial charge in [0.25, 0.3) is 5.56 Å². The highest BCUT2D eigenvalue weighted by molar-refractivity contribution is 5.85. The molecule has 8 heteroatoms. The Balaban J connectivity index is 1.49. The number of pyridine rings is 1. The maximum atomic E-state index is 13.6. The van der Waals surface area contributed by atoms with Crippen molar-refractivity contribution in [3.05, 3.63) is 86.5 Å². The molecule has 0 aliphatic carbocycles. The number of H-pyrrole nitrogens is 1. The van der Waals surface area contributed by atoms with Crippen molar-refractivity contribution in [2.45, 2.75) is 58.3 Å². The van der Waals surface area contributed by atoms with E-state index in [0.29, 0.717) is 17.9 Å². The number of tetrazole rings is 1. The van der Waals surface area contributed by atoms with Gasteiger partial charge in [0, 0.05) is 30.6 Å². The Morgan fingerprint density at radius 2 is 1.97 bits per heavy atom. The van der Waals surface area contributed by atoms with Crippen LogP contribution in [0.5, 0.6) is 0 Å². The summed E-state index contributed by atoms with van der Waals surface area (Å²) in [4.78, 5) is 19.1. The highest BCUT2D eigenvalue weighted by atomic mass is 16.5. The molecule has 1 N–H and O–H groups in total. The molecule has 2 atom stereocenters. The zero-order valence-electron chi connectivity index (χ0n) is 20.2. The van der Waals surface area contributed by atoms with E-state index in [1.807, 2.05) is 17.7 Å². The fraction of sp³-hybridized carbons (Fsp3) is 0.407. The molecule has 1 fully saturated rings. The van der Waals surface area contributed by atoms with E-state index < -0.39 is 0 Å². The van der Waals surface area contributed by atoms with E-state index in [2.05, 4.69) is 68.7 Å². The monoisotopic (exact) mass is 470 g/mol. The van der Waals surface area contributed by atoms with E-state index in [1.54, 1.807) is 0 Å². The summed E-state index contributed by atoms with van der Waals surface area (Å²) >= 11 is 0. The van der Waals surface area contributed by atoms with E-state index in [0.717, 1.165) is 61.0 Å². The first kappa shape index (κ1) is 22.1. The van der Waals surface area contributed by atoms with E-state index in [1.165, 1.54) is 11.1 Å². The molecule has 4 aromatic rings. The lowest BCUT2D eigenvalue weighted by atomic mass is 9.95. The van der Waals surface area contributed by atoms with Crippen LogP contribution in [0.1, 0.15) is 52.5 Å². The molecule has 2 unspecified atom stereocenters. The summed E-state index contributed by atoms with van der Waals surface area (Å²) in [6.07, 6.45) is 3.07. The number of rotatable bonds is 5.